The van der Waals surface area contributed by atoms with Crippen molar-refractivity contribution in [3.05, 3.63) is 29.3 Å². The molecular weight excluding hydrogens is 180 g/mol. The molecule has 2 aliphatic rings. The first-order valence-electron chi connectivity index (χ1n) is 4.85. The minimum absolute atomic E-state index is 0.314. The fourth-order valence-electron chi connectivity index (χ4n) is 1.92. The van der Waals surface area contributed by atoms with Crippen molar-refractivity contribution in [2.75, 3.05) is 6.79 Å². The minimum Gasteiger partial charge on any atom is -0.467 e. The van der Waals surface area contributed by atoms with Crippen molar-refractivity contribution in [3.8, 4) is 5.75 Å². The Balaban J connectivity index is 2.11. The number of aliphatic hydroxyl groups is 1. The quantitative estimate of drug-likeness (QED) is 0.733. The summed E-state index contributed by atoms with van der Waals surface area (Å²) in [5.41, 5.74) is 1.39. The third-order valence-electron chi connectivity index (χ3n) is 2.90. The zero-order valence-electron chi connectivity index (χ0n) is 7.82. The van der Waals surface area contributed by atoms with Crippen molar-refractivity contribution < 1.29 is 14.6 Å². The number of rotatable bonds is 1. The molecule has 0 aromatic heterocycles. The van der Waals surface area contributed by atoms with E-state index in [1.54, 1.807) is 0 Å². The average molecular weight is 192 g/mol. The predicted molar refractivity (Wildman–Crippen MR) is 49.9 cm³/mol. The Kier molecular flexibility index (Phi) is 1.60. The van der Waals surface area contributed by atoms with Crippen LogP contribution in [0.3, 0.4) is 0 Å². The molecule has 0 radical (unpaired) electrons. The third kappa shape index (κ3) is 1.13. The standard InChI is InChI=1S/C11H12O3/c12-11(4-5-11)9-2-1-3-10-8(9)6-13-7-14-10/h1-3,12H,4-7H2. The first-order chi connectivity index (χ1) is 6.80. The Morgan fingerprint density at radius 3 is 2.93 bits per heavy atom. The molecule has 3 nitrogen and oxygen atoms in total. The van der Waals surface area contributed by atoms with Gasteiger partial charge in [0.2, 0.25) is 0 Å². The maximum atomic E-state index is 10.0. The van der Waals surface area contributed by atoms with Crippen molar-refractivity contribution in [1.82, 2.24) is 0 Å². The number of ether oxygens (including phenoxy) is 2. The molecule has 1 aromatic carbocycles. The monoisotopic (exact) mass is 192 g/mol. The smallest absolute Gasteiger partial charge is 0.189 e. The zero-order valence-corrected chi connectivity index (χ0v) is 7.82. The van der Waals surface area contributed by atoms with Gasteiger partial charge in [0.15, 0.2) is 6.79 Å². The van der Waals surface area contributed by atoms with Gasteiger partial charge in [0.25, 0.3) is 0 Å². The second-order valence-corrected chi connectivity index (χ2v) is 3.92. The van der Waals surface area contributed by atoms with E-state index in [2.05, 4.69) is 0 Å². The lowest BCUT2D eigenvalue weighted by Crippen LogP contribution is -2.16. The minimum atomic E-state index is -0.602. The molecule has 1 saturated carbocycles. The summed E-state index contributed by atoms with van der Waals surface area (Å²) in [4.78, 5) is 0. The number of fused-ring (bicyclic) bond motifs is 1. The Labute approximate surface area is 82.3 Å². The van der Waals surface area contributed by atoms with E-state index in [9.17, 15) is 5.11 Å². The van der Waals surface area contributed by atoms with Crippen LogP contribution in [0.5, 0.6) is 5.75 Å². The highest BCUT2D eigenvalue weighted by Gasteiger charge is 2.44. The molecule has 1 aromatic rings. The van der Waals surface area contributed by atoms with Crippen LogP contribution in [0.15, 0.2) is 18.2 Å². The van der Waals surface area contributed by atoms with Gasteiger partial charge in [-0.2, -0.15) is 0 Å². The van der Waals surface area contributed by atoms with Gasteiger partial charge in [-0.3, -0.25) is 0 Å². The molecule has 3 rings (SSSR count). The summed E-state index contributed by atoms with van der Waals surface area (Å²) in [6.45, 7) is 0.864. The molecule has 14 heavy (non-hydrogen) atoms. The molecular formula is C11H12O3. The van der Waals surface area contributed by atoms with Crippen LogP contribution in [0, 0.1) is 0 Å². The Bertz CT molecular complexity index is 369. The normalized spacial score (nSPS) is 22.4. The van der Waals surface area contributed by atoms with E-state index in [0.29, 0.717) is 13.4 Å². The van der Waals surface area contributed by atoms with Crippen LogP contribution in [0.1, 0.15) is 24.0 Å². The number of hydrogen-bond acceptors (Lipinski definition) is 3. The largest absolute Gasteiger partial charge is 0.467 e. The highest BCUT2D eigenvalue weighted by molar-refractivity contribution is 5.45. The van der Waals surface area contributed by atoms with Crippen LogP contribution < -0.4 is 4.74 Å². The van der Waals surface area contributed by atoms with E-state index in [1.165, 1.54) is 0 Å². The van der Waals surface area contributed by atoms with Gasteiger partial charge < -0.3 is 14.6 Å². The average Bonchev–Trinajstić information content (AvgIpc) is 2.97. The molecule has 0 amide bonds. The Morgan fingerprint density at radius 2 is 2.14 bits per heavy atom. The second kappa shape index (κ2) is 2.72. The van der Waals surface area contributed by atoms with Crippen LogP contribution in [0.2, 0.25) is 0 Å². The Morgan fingerprint density at radius 1 is 1.29 bits per heavy atom. The van der Waals surface area contributed by atoms with Crippen molar-refractivity contribution >= 4 is 0 Å². The molecule has 1 fully saturated rings. The van der Waals surface area contributed by atoms with Crippen LogP contribution in [0.25, 0.3) is 0 Å². The van der Waals surface area contributed by atoms with Gasteiger partial charge in [-0.15, -0.1) is 0 Å². The van der Waals surface area contributed by atoms with Gasteiger partial charge in [0.05, 0.1) is 12.2 Å². The lowest BCUT2D eigenvalue weighted by atomic mass is 10.00. The van der Waals surface area contributed by atoms with E-state index in [1.807, 2.05) is 18.2 Å². The summed E-state index contributed by atoms with van der Waals surface area (Å²) in [6.07, 6.45) is 1.70. The number of hydrogen-bond donors (Lipinski definition) is 1. The van der Waals surface area contributed by atoms with Gasteiger partial charge in [-0.1, -0.05) is 12.1 Å². The SMILES string of the molecule is OC1(c2cccc3c2COCO3)CC1. The van der Waals surface area contributed by atoms with Crippen molar-refractivity contribution in [1.29, 1.82) is 0 Å². The lowest BCUT2D eigenvalue weighted by Gasteiger charge is -2.22. The van der Waals surface area contributed by atoms with Gasteiger partial charge in [-0.05, 0) is 24.5 Å². The van der Waals surface area contributed by atoms with Crippen LogP contribution in [-0.4, -0.2) is 11.9 Å². The highest BCUT2D eigenvalue weighted by Crippen LogP contribution is 2.48. The van der Waals surface area contributed by atoms with Crippen molar-refractivity contribution in [3.63, 3.8) is 0 Å². The van der Waals surface area contributed by atoms with Gasteiger partial charge in [0.1, 0.15) is 5.75 Å². The van der Waals surface area contributed by atoms with Gasteiger partial charge >= 0.3 is 0 Å². The summed E-state index contributed by atoms with van der Waals surface area (Å²) in [7, 11) is 0. The molecule has 1 aliphatic carbocycles. The molecule has 1 aliphatic heterocycles. The van der Waals surface area contributed by atoms with Crippen molar-refractivity contribution in [2.24, 2.45) is 0 Å². The van der Waals surface area contributed by atoms with E-state index in [4.69, 9.17) is 9.47 Å². The maximum Gasteiger partial charge on any atom is 0.189 e. The fourth-order valence-corrected chi connectivity index (χ4v) is 1.92. The molecule has 0 unspecified atom stereocenters. The predicted octanol–water partition coefficient (Wildman–Crippen LogP) is 1.53. The van der Waals surface area contributed by atoms with Crippen LogP contribution >= 0.6 is 0 Å². The van der Waals surface area contributed by atoms with Crippen LogP contribution in [0.4, 0.5) is 0 Å². The van der Waals surface area contributed by atoms with E-state index >= 15 is 0 Å². The topological polar surface area (TPSA) is 38.7 Å². The highest BCUT2D eigenvalue weighted by atomic mass is 16.7. The number of benzene rings is 1. The first-order valence-corrected chi connectivity index (χ1v) is 4.85. The molecule has 0 spiro atoms. The fraction of sp³-hybridized carbons (Fsp3) is 0.455. The molecule has 0 atom stereocenters. The molecule has 1 heterocycles. The zero-order chi connectivity index (χ0) is 9.60. The molecule has 3 heteroatoms. The van der Waals surface area contributed by atoms with Crippen molar-refractivity contribution in [2.45, 2.75) is 25.0 Å². The summed E-state index contributed by atoms with van der Waals surface area (Å²) in [5, 5.41) is 10.0. The lowest BCUT2D eigenvalue weighted by molar-refractivity contribution is -0.0184. The molecule has 0 bridgehead atoms. The van der Waals surface area contributed by atoms with E-state index in [0.717, 1.165) is 29.7 Å². The third-order valence-corrected chi connectivity index (χ3v) is 2.90. The molecule has 1 N–H and O–H groups in total. The first kappa shape index (κ1) is 8.26. The van der Waals surface area contributed by atoms with E-state index in [-0.39, 0.29) is 0 Å². The second-order valence-electron chi connectivity index (χ2n) is 3.92. The molecule has 0 saturated heterocycles. The summed E-state index contributed by atoms with van der Waals surface area (Å²) in [5.74, 6) is 0.856. The van der Waals surface area contributed by atoms with E-state index < -0.39 is 5.60 Å². The summed E-state index contributed by atoms with van der Waals surface area (Å²) < 4.78 is 10.6. The summed E-state index contributed by atoms with van der Waals surface area (Å²) in [6, 6.07) is 5.81. The van der Waals surface area contributed by atoms with Crippen LogP contribution in [-0.2, 0) is 16.9 Å². The Hall–Kier alpha value is -1.06. The maximum absolute atomic E-state index is 10.0. The van der Waals surface area contributed by atoms with Gasteiger partial charge in [0, 0.05) is 5.56 Å². The summed E-state index contributed by atoms with van der Waals surface area (Å²) >= 11 is 0. The van der Waals surface area contributed by atoms with Gasteiger partial charge in [-0.25, -0.2) is 0 Å². The molecule has 74 valence electrons.